The van der Waals surface area contributed by atoms with Crippen molar-refractivity contribution in [1.82, 2.24) is 14.7 Å². The van der Waals surface area contributed by atoms with Crippen LogP contribution in [0.5, 0.6) is 0 Å². The van der Waals surface area contributed by atoms with Gasteiger partial charge in [0.25, 0.3) is 0 Å². The maximum absolute atomic E-state index is 14.1. The first-order chi connectivity index (χ1) is 18.0. The second kappa shape index (κ2) is 13.1. The molecule has 38 heavy (non-hydrogen) atoms. The SMILES string of the molecule is Cl.O=C1C(Cc2ccc(Cl)c(Cl)c2)N(CCN2CCOCC2)C(=O)CCN1Cc1cccc2ccccc12. The van der Waals surface area contributed by atoms with Crippen LogP contribution in [0.4, 0.5) is 0 Å². The quantitative estimate of drug-likeness (QED) is 0.394. The fourth-order valence-electron chi connectivity index (χ4n) is 5.24. The van der Waals surface area contributed by atoms with Crippen LogP contribution in [0.1, 0.15) is 17.5 Å². The number of hydrogen-bond acceptors (Lipinski definition) is 4. The van der Waals surface area contributed by atoms with E-state index in [9.17, 15) is 9.59 Å². The number of nitrogens with zero attached hydrogens (tertiary/aromatic N) is 3. The van der Waals surface area contributed by atoms with Gasteiger partial charge in [0.15, 0.2) is 0 Å². The van der Waals surface area contributed by atoms with Gasteiger partial charge in [-0.25, -0.2) is 0 Å². The average Bonchev–Trinajstić information content (AvgIpc) is 3.02. The zero-order valence-electron chi connectivity index (χ0n) is 21.2. The predicted octanol–water partition coefficient (Wildman–Crippen LogP) is 5.07. The number of rotatable bonds is 7. The second-order valence-electron chi connectivity index (χ2n) is 9.66. The molecule has 0 radical (unpaired) electrons. The molecule has 0 aliphatic carbocycles. The average molecular weight is 577 g/mol. The van der Waals surface area contributed by atoms with E-state index in [0.29, 0.717) is 62.3 Å². The minimum Gasteiger partial charge on any atom is -0.379 e. The molecule has 0 bridgehead atoms. The zero-order chi connectivity index (χ0) is 25.8. The van der Waals surface area contributed by atoms with E-state index in [4.69, 9.17) is 27.9 Å². The van der Waals surface area contributed by atoms with Crippen molar-refractivity contribution in [2.75, 3.05) is 45.9 Å². The van der Waals surface area contributed by atoms with Crippen LogP contribution in [0.3, 0.4) is 0 Å². The molecule has 6 nitrogen and oxygen atoms in total. The van der Waals surface area contributed by atoms with Gasteiger partial charge < -0.3 is 14.5 Å². The molecule has 2 aliphatic rings. The molecule has 2 heterocycles. The molecule has 2 amide bonds. The van der Waals surface area contributed by atoms with Crippen LogP contribution in [0, 0.1) is 0 Å². The molecule has 202 valence electrons. The summed E-state index contributed by atoms with van der Waals surface area (Å²) in [7, 11) is 0. The zero-order valence-corrected chi connectivity index (χ0v) is 23.5. The Labute approximate surface area is 239 Å². The van der Waals surface area contributed by atoms with Crippen LogP contribution in [0.15, 0.2) is 60.7 Å². The van der Waals surface area contributed by atoms with Gasteiger partial charge in [-0.3, -0.25) is 14.5 Å². The topological polar surface area (TPSA) is 53.1 Å². The van der Waals surface area contributed by atoms with Crippen molar-refractivity contribution in [3.63, 3.8) is 0 Å². The molecule has 2 aliphatic heterocycles. The van der Waals surface area contributed by atoms with Gasteiger partial charge in [0.2, 0.25) is 11.8 Å². The van der Waals surface area contributed by atoms with Crippen molar-refractivity contribution in [3.8, 4) is 0 Å². The number of carbonyl (C=O) groups excluding carboxylic acids is 2. The molecule has 2 fully saturated rings. The number of halogens is 3. The molecule has 3 aromatic rings. The van der Waals surface area contributed by atoms with E-state index in [1.807, 2.05) is 29.2 Å². The first-order valence-corrected chi connectivity index (χ1v) is 13.5. The summed E-state index contributed by atoms with van der Waals surface area (Å²) < 4.78 is 5.47. The number of morpholine rings is 1. The highest BCUT2D eigenvalue weighted by atomic mass is 35.5. The Morgan fingerprint density at radius 2 is 1.63 bits per heavy atom. The van der Waals surface area contributed by atoms with Gasteiger partial charge in [-0.2, -0.15) is 0 Å². The van der Waals surface area contributed by atoms with E-state index < -0.39 is 6.04 Å². The van der Waals surface area contributed by atoms with Gasteiger partial charge >= 0.3 is 0 Å². The molecule has 1 unspecified atom stereocenters. The first-order valence-electron chi connectivity index (χ1n) is 12.8. The number of amides is 2. The third kappa shape index (κ3) is 6.61. The van der Waals surface area contributed by atoms with E-state index in [2.05, 4.69) is 29.2 Å². The molecular formula is C29H32Cl3N3O3. The Morgan fingerprint density at radius 3 is 2.42 bits per heavy atom. The van der Waals surface area contributed by atoms with Crippen molar-refractivity contribution in [1.29, 1.82) is 0 Å². The molecule has 3 aromatic carbocycles. The summed E-state index contributed by atoms with van der Waals surface area (Å²) in [6.07, 6.45) is 0.689. The minimum absolute atomic E-state index is 0. The summed E-state index contributed by atoms with van der Waals surface area (Å²) in [6.45, 7) is 5.12. The monoisotopic (exact) mass is 575 g/mol. The van der Waals surface area contributed by atoms with Crippen LogP contribution in [0.2, 0.25) is 10.0 Å². The van der Waals surface area contributed by atoms with Gasteiger partial charge in [0, 0.05) is 52.1 Å². The van der Waals surface area contributed by atoms with Crippen LogP contribution >= 0.6 is 35.6 Å². The van der Waals surface area contributed by atoms with Gasteiger partial charge in [0.1, 0.15) is 6.04 Å². The molecule has 0 saturated carbocycles. The number of ether oxygens (including phenoxy) is 1. The van der Waals surface area contributed by atoms with Crippen LogP contribution in [0.25, 0.3) is 10.8 Å². The van der Waals surface area contributed by atoms with E-state index in [0.717, 1.165) is 35.0 Å². The Balaban J connectivity index is 0.00000336. The molecular weight excluding hydrogens is 545 g/mol. The lowest BCUT2D eigenvalue weighted by Gasteiger charge is -2.34. The third-order valence-corrected chi connectivity index (χ3v) is 8.04. The standard InChI is InChI=1S/C29H31Cl2N3O3.ClH/c30-25-9-8-21(18-26(25)31)19-27-29(36)33(20-23-6-3-5-22-4-1-2-7-24(22)23)11-10-28(35)34(27)13-12-32-14-16-37-17-15-32;/h1-9,18,27H,10-17,19-20H2;1H. The third-order valence-electron chi connectivity index (χ3n) is 7.30. The highest BCUT2D eigenvalue weighted by Gasteiger charge is 2.36. The number of hydrogen-bond donors (Lipinski definition) is 0. The summed E-state index contributed by atoms with van der Waals surface area (Å²) in [5, 5.41) is 3.17. The Hall–Kier alpha value is -2.35. The van der Waals surface area contributed by atoms with Crippen molar-refractivity contribution in [2.24, 2.45) is 0 Å². The summed E-state index contributed by atoms with van der Waals surface area (Å²) in [4.78, 5) is 33.4. The Bertz CT molecular complexity index is 1280. The molecule has 5 rings (SSSR count). The Morgan fingerprint density at radius 1 is 0.868 bits per heavy atom. The van der Waals surface area contributed by atoms with E-state index >= 15 is 0 Å². The maximum Gasteiger partial charge on any atom is 0.246 e. The lowest BCUT2D eigenvalue weighted by Crippen LogP contribution is -2.51. The molecule has 0 aromatic heterocycles. The number of fused-ring (bicyclic) bond motifs is 1. The van der Waals surface area contributed by atoms with Crippen molar-refractivity contribution < 1.29 is 14.3 Å². The molecule has 1 atom stereocenters. The molecule has 2 saturated heterocycles. The molecule has 0 spiro atoms. The van der Waals surface area contributed by atoms with E-state index in [1.54, 1.807) is 17.0 Å². The van der Waals surface area contributed by atoms with Crippen molar-refractivity contribution in [3.05, 3.63) is 81.8 Å². The highest BCUT2D eigenvalue weighted by molar-refractivity contribution is 6.42. The number of benzene rings is 3. The summed E-state index contributed by atoms with van der Waals surface area (Å²) in [5.74, 6) is -0.0288. The largest absolute Gasteiger partial charge is 0.379 e. The van der Waals surface area contributed by atoms with Crippen molar-refractivity contribution >= 4 is 58.2 Å². The summed E-state index contributed by atoms with van der Waals surface area (Å²) in [6, 6.07) is 19.2. The van der Waals surface area contributed by atoms with Crippen LogP contribution in [-0.4, -0.2) is 78.5 Å². The van der Waals surface area contributed by atoms with Gasteiger partial charge in [-0.15, -0.1) is 12.4 Å². The van der Waals surface area contributed by atoms with Crippen molar-refractivity contribution in [2.45, 2.75) is 25.4 Å². The van der Waals surface area contributed by atoms with E-state index in [1.165, 1.54) is 0 Å². The molecule has 9 heteroatoms. The fraction of sp³-hybridized carbons (Fsp3) is 0.379. The maximum atomic E-state index is 14.1. The normalized spacial score (nSPS) is 18.9. The minimum atomic E-state index is -0.608. The smallest absolute Gasteiger partial charge is 0.246 e. The van der Waals surface area contributed by atoms with Gasteiger partial charge in [-0.05, 0) is 34.0 Å². The predicted molar refractivity (Wildman–Crippen MR) is 154 cm³/mol. The van der Waals surface area contributed by atoms with Gasteiger partial charge in [-0.1, -0.05) is 71.7 Å². The van der Waals surface area contributed by atoms with Crippen LogP contribution < -0.4 is 0 Å². The molecule has 0 N–H and O–H groups in total. The fourth-order valence-corrected chi connectivity index (χ4v) is 5.56. The second-order valence-corrected chi connectivity index (χ2v) is 10.5. The first kappa shape index (κ1) is 28.7. The summed E-state index contributed by atoms with van der Waals surface area (Å²) in [5.41, 5.74) is 1.96. The lowest BCUT2D eigenvalue weighted by atomic mass is 10.0. The summed E-state index contributed by atoms with van der Waals surface area (Å²) >= 11 is 12.4. The lowest BCUT2D eigenvalue weighted by molar-refractivity contribution is -0.142. The number of carbonyl (C=O) groups is 2. The van der Waals surface area contributed by atoms with E-state index in [-0.39, 0.29) is 24.2 Å². The highest BCUT2D eigenvalue weighted by Crippen LogP contribution is 2.26. The van der Waals surface area contributed by atoms with Crippen LogP contribution in [-0.2, 0) is 27.3 Å². The Kier molecular flexibility index (Phi) is 9.91. The van der Waals surface area contributed by atoms with Gasteiger partial charge in [0.05, 0.1) is 23.3 Å².